The lowest BCUT2D eigenvalue weighted by Crippen LogP contribution is -2.30. The van der Waals surface area contributed by atoms with Crippen molar-refractivity contribution in [3.63, 3.8) is 0 Å². The second kappa shape index (κ2) is 5.83. The first-order chi connectivity index (χ1) is 8.69. The van der Waals surface area contributed by atoms with Crippen molar-refractivity contribution in [3.05, 3.63) is 35.4 Å². The fraction of sp³-hybridized carbons (Fsp3) is 0.333. The molecular weight excluding hydrogens is 270 g/mol. The SMILES string of the molecule is C[C@@H](OC(=O)c1ccc(CS(C)(=O)=O)cc1)C(N)=O. The first-order valence-corrected chi connectivity index (χ1v) is 7.52. The summed E-state index contributed by atoms with van der Waals surface area (Å²) >= 11 is 0. The molecule has 0 aromatic heterocycles. The molecule has 0 aliphatic carbocycles. The maximum atomic E-state index is 11.6. The van der Waals surface area contributed by atoms with Crippen LogP contribution in [0, 0.1) is 0 Å². The molecule has 6 nitrogen and oxygen atoms in total. The molecule has 0 fully saturated rings. The molecule has 0 aliphatic rings. The highest BCUT2D eigenvalue weighted by molar-refractivity contribution is 7.89. The highest BCUT2D eigenvalue weighted by Crippen LogP contribution is 2.09. The molecule has 0 spiro atoms. The van der Waals surface area contributed by atoms with Crippen molar-refractivity contribution in [3.8, 4) is 0 Å². The van der Waals surface area contributed by atoms with Gasteiger partial charge in [-0.3, -0.25) is 4.79 Å². The Bertz CT molecular complexity index is 577. The molecule has 1 aromatic carbocycles. The van der Waals surface area contributed by atoms with Gasteiger partial charge in [0.1, 0.15) is 0 Å². The molecule has 0 heterocycles. The Morgan fingerprint density at radius 1 is 1.26 bits per heavy atom. The molecule has 7 heteroatoms. The Morgan fingerprint density at radius 3 is 2.21 bits per heavy atom. The third-order valence-electron chi connectivity index (χ3n) is 2.30. The minimum Gasteiger partial charge on any atom is -0.449 e. The lowest BCUT2D eigenvalue weighted by atomic mass is 10.1. The number of primary amides is 1. The molecule has 1 amide bonds. The van der Waals surface area contributed by atoms with E-state index >= 15 is 0 Å². The van der Waals surface area contributed by atoms with E-state index in [9.17, 15) is 18.0 Å². The predicted molar refractivity (Wildman–Crippen MR) is 69.1 cm³/mol. The summed E-state index contributed by atoms with van der Waals surface area (Å²) in [5.41, 5.74) is 5.77. The fourth-order valence-corrected chi connectivity index (χ4v) is 2.12. The van der Waals surface area contributed by atoms with Crippen LogP contribution in [0.4, 0.5) is 0 Å². The molecule has 2 N–H and O–H groups in total. The van der Waals surface area contributed by atoms with Crippen molar-refractivity contribution in [2.24, 2.45) is 5.73 Å². The number of rotatable bonds is 5. The van der Waals surface area contributed by atoms with Crippen molar-refractivity contribution < 1.29 is 22.7 Å². The molecule has 0 saturated carbocycles. The van der Waals surface area contributed by atoms with Crippen LogP contribution in [0.1, 0.15) is 22.8 Å². The molecule has 0 aliphatic heterocycles. The average molecular weight is 285 g/mol. The Morgan fingerprint density at radius 2 is 1.79 bits per heavy atom. The number of benzene rings is 1. The average Bonchev–Trinajstić information content (AvgIpc) is 2.27. The standard InChI is InChI=1S/C12H15NO5S/c1-8(11(13)14)18-12(15)10-5-3-9(4-6-10)7-19(2,16)17/h3-6,8H,7H2,1-2H3,(H2,13,14)/t8-/m1/s1. The smallest absolute Gasteiger partial charge is 0.338 e. The first-order valence-electron chi connectivity index (χ1n) is 5.46. The van der Waals surface area contributed by atoms with Gasteiger partial charge in [0.2, 0.25) is 0 Å². The number of hydrogen-bond donors (Lipinski definition) is 1. The van der Waals surface area contributed by atoms with Crippen molar-refractivity contribution in [1.82, 2.24) is 0 Å². The van der Waals surface area contributed by atoms with Gasteiger partial charge in [0, 0.05) is 6.26 Å². The highest BCUT2D eigenvalue weighted by Gasteiger charge is 2.16. The lowest BCUT2D eigenvalue weighted by molar-refractivity contribution is -0.125. The molecule has 1 aromatic rings. The van der Waals surface area contributed by atoms with Gasteiger partial charge in [0.25, 0.3) is 5.91 Å². The van der Waals surface area contributed by atoms with E-state index in [4.69, 9.17) is 10.5 Å². The maximum absolute atomic E-state index is 11.6. The van der Waals surface area contributed by atoms with Crippen LogP contribution in [-0.4, -0.2) is 32.7 Å². The van der Waals surface area contributed by atoms with E-state index < -0.39 is 27.8 Å². The van der Waals surface area contributed by atoms with Crippen LogP contribution in [0.5, 0.6) is 0 Å². The summed E-state index contributed by atoms with van der Waals surface area (Å²) in [6, 6.07) is 5.92. The van der Waals surface area contributed by atoms with Gasteiger partial charge in [-0.05, 0) is 24.6 Å². The van der Waals surface area contributed by atoms with E-state index in [2.05, 4.69) is 0 Å². The summed E-state index contributed by atoms with van der Waals surface area (Å²) in [5.74, 6) is -1.51. The summed E-state index contributed by atoms with van der Waals surface area (Å²) in [6.45, 7) is 1.37. The second-order valence-corrected chi connectivity index (χ2v) is 6.36. The van der Waals surface area contributed by atoms with Crippen molar-refractivity contribution >= 4 is 21.7 Å². The minimum atomic E-state index is -3.12. The number of carbonyl (C=O) groups is 2. The van der Waals surface area contributed by atoms with Gasteiger partial charge in [0.05, 0.1) is 11.3 Å². The molecule has 104 valence electrons. The van der Waals surface area contributed by atoms with Gasteiger partial charge in [-0.2, -0.15) is 0 Å². The quantitative estimate of drug-likeness (QED) is 0.782. The van der Waals surface area contributed by atoms with Crippen LogP contribution in [0.25, 0.3) is 0 Å². The molecule has 0 radical (unpaired) electrons. The van der Waals surface area contributed by atoms with E-state index in [1.165, 1.54) is 31.2 Å². The Balaban J connectivity index is 2.76. The largest absolute Gasteiger partial charge is 0.449 e. The van der Waals surface area contributed by atoms with Crippen LogP contribution < -0.4 is 5.73 Å². The van der Waals surface area contributed by atoms with Gasteiger partial charge in [-0.1, -0.05) is 12.1 Å². The number of hydrogen-bond acceptors (Lipinski definition) is 5. The molecule has 0 saturated heterocycles. The zero-order valence-electron chi connectivity index (χ0n) is 10.6. The summed E-state index contributed by atoms with van der Waals surface area (Å²) < 4.78 is 27.0. The third kappa shape index (κ3) is 5.09. The molecule has 1 rings (SSSR count). The second-order valence-electron chi connectivity index (χ2n) is 4.22. The Hall–Kier alpha value is -1.89. The Kier molecular flexibility index (Phi) is 4.66. The summed E-state index contributed by atoms with van der Waals surface area (Å²) in [7, 11) is -3.12. The number of carbonyl (C=O) groups excluding carboxylic acids is 2. The maximum Gasteiger partial charge on any atom is 0.338 e. The molecule has 19 heavy (non-hydrogen) atoms. The van der Waals surface area contributed by atoms with Crippen molar-refractivity contribution in [2.75, 3.05) is 6.26 Å². The van der Waals surface area contributed by atoms with E-state index in [0.29, 0.717) is 5.56 Å². The van der Waals surface area contributed by atoms with Crippen molar-refractivity contribution in [2.45, 2.75) is 18.8 Å². The molecular formula is C12H15NO5S. The normalized spacial score (nSPS) is 12.7. The highest BCUT2D eigenvalue weighted by atomic mass is 32.2. The van der Waals surface area contributed by atoms with E-state index in [0.717, 1.165) is 6.26 Å². The van der Waals surface area contributed by atoms with Crippen LogP contribution in [0.3, 0.4) is 0 Å². The van der Waals surface area contributed by atoms with Gasteiger partial charge >= 0.3 is 5.97 Å². The van der Waals surface area contributed by atoms with Crippen LogP contribution in [0.2, 0.25) is 0 Å². The summed E-state index contributed by atoms with van der Waals surface area (Å²) in [6.07, 6.45) is 0.118. The number of sulfone groups is 1. The van der Waals surface area contributed by atoms with E-state index in [1.54, 1.807) is 0 Å². The topological polar surface area (TPSA) is 104 Å². The van der Waals surface area contributed by atoms with Crippen molar-refractivity contribution in [1.29, 1.82) is 0 Å². The van der Waals surface area contributed by atoms with Gasteiger partial charge in [-0.25, -0.2) is 13.2 Å². The molecule has 0 bridgehead atoms. The van der Waals surface area contributed by atoms with Gasteiger partial charge < -0.3 is 10.5 Å². The van der Waals surface area contributed by atoms with Gasteiger partial charge in [-0.15, -0.1) is 0 Å². The van der Waals surface area contributed by atoms with Crippen LogP contribution >= 0.6 is 0 Å². The van der Waals surface area contributed by atoms with E-state index in [-0.39, 0.29) is 11.3 Å². The fourth-order valence-electron chi connectivity index (χ4n) is 1.33. The zero-order chi connectivity index (χ0) is 14.6. The molecule has 0 unspecified atom stereocenters. The lowest BCUT2D eigenvalue weighted by Gasteiger charge is -2.09. The predicted octanol–water partition coefficient (Wildman–Crippen LogP) is 0.262. The third-order valence-corrected chi connectivity index (χ3v) is 3.16. The van der Waals surface area contributed by atoms with Crippen LogP contribution in [-0.2, 0) is 25.1 Å². The number of nitrogens with two attached hydrogens (primary N) is 1. The molecule has 1 atom stereocenters. The zero-order valence-corrected chi connectivity index (χ0v) is 11.4. The number of ether oxygens (including phenoxy) is 1. The number of esters is 1. The van der Waals surface area contributed by atoms with E-state index in [1.807, 2.05) is 0 Å². The van der Waals surface area contributed by atoms with Gasteiger partial charge in [0.15, 0.2) is 15.9 Å². The minimum absolute atomic E-state index is 0.0972. The number of amides is 1. The first kappa shape index (κ1) is 15.2. The Labute approximate surface area is 111 Å². The summed E-state index contributed by atoms with van der Waals surface area (Å²) in [5, 5.41) is 0. The monoisotopic (exact) mass is 285 g/mol. The van der Waals surface area contributed by atoms with Crippen LogP contribution in [0.15, 0.2) is 24.3 Å². The summed E-state index contributed by atoms with van der Waals surface area (Å²) in [4.78, 5) is 22.4.